The normalized spacial score (nSPS) is 20.2. The fourth-order valence-electron chi connectivity index (χ4n) is 4.40. The average molecular weight is 580 g/mol. The number of aryl methyl sites for hydroxylation is 1. The van der Waals surface area contributed by atoms with Crippen LogP contribution in [-0.4, -0.2) is 54.6 Å². The number of carbonyl (C=O) groups is 1. The number of aliphatic hydroxyl groups is 1. The lowest BCUT2D eigenvalue weighted by molar-refractivity contribution is -0.169. The van der Waals surface area contributed by atoms with Gasteiger partial charge in [0.05, 0.1) is 29.3 Å². The van der Waals surface area contributed by atoms with Crippen LogP contribution in [0, 0.1) is 11.8 Å². The fourth-order valence-corrected chi connectivity index (χ4v) is 4.73. The third kappa shape index (κ3) is 8.03. The lowest BCUT2D eigenvalue weighted by Gasteiger charge is -2.34. The molecular weight excluding hydrogens is 547 g/mol. The summed E-state index contributed by atoms with van der Waals surface area (Å²) in [6.45, 7) is 5.64. The van der Waals surface area contributed by atoms with Crippen LogP contribution in [0.5, 0.6) is 5.75 Å². The number of carbonyl (C=O) groups excluding carboxylic acids is 1. The molecule has 8 nitrogen and oxygen atoms in total. The van der Waals surface area contributed by atoms with E-state index in [0.29, 0.717) is 47.9 Å². The monoisotopic (exact) mass is 579 g/mol. The number of methoxy groups -OCH3 is 1. The van der Waals surface area contributed by atoms with E-state index in [1.165, 1.54) is 7.11 Å². The highest BCUT2D eigenvalue weighted by atomic mass is 35.5. The molecule has 0 radical (unpaired) electrons. The SMILES string of the molecule is CCn1nc(C(=O)NCC2(O)CCC(C)CC2)c(Cl)c1-c1ccc(C[C@H](C)C(F)(F)F)cc1OC.O=S=O. The summed E-state index contributed by atoms with van der Waals surface area (Å²) in [5.41, 5.74) is 0.512. The van der Waals surface area contributed by atoms with Gasteiger partial charge in [0.15, 0.2) is 5.69 Å². The molecule has 3 rings (SSSR count). The fraction of sp³-hybridized carbons (Fsp3) is 0.600. The van der Waals surface area contributed by atoms with Gasteiger partial charge in [0.2, 0.25) is 0 Å². The summed E-state index contributed by atoms with van der Waals surface area (Å²) in [5, 5.41) is 18.0. The van der Waals surface area contributed by atoms with Crippen molar-refractivity contribution in [3.8, 4) is 17.0 Å². The molecule has 0 unspecified atom stereocenters. The number of alkyl halides is 3. The summed E-state index contributed by atoms with van der Waals surface area (Å²) >= 11 is 5.86. The summed E-state index contributed by atoms with van der Waals surface area (Å²) in [7, 11) is 1.43. The van der Waals surface area contributed by atoms with Crippen molar-refractivity contribution in [1.82, 2.24) is 15.1 Å². The van der Waals surface area contributed by atoms with Crippen molar-refractivity contribution in [3.63, 3.8) is 0 Å². The van der Waals surface area contributed by atoms with Crippen molar-refractivity contribution in [2.75, 3.05) is 13.7 Å². The first-order valence-corrected chi connectivity index (χ1v) is 13.3. The molecule has 1 amide bonds. The molecule has 212 valence electrons. The van der Waals surface area contributed by atoms with Crippen molar-refractivity contribution >= 4 is 29.1 Å². The first-order chi connectivity index (χ1) is 17.8. The Balaban J connectivity index is 0.00000161. The van der Waals surface area contributed by atoms with Gasteiger partial charge in [-0.05, 0) is 62.6 Å². The van der Waals surface area contributed by atoms with E-state index in [2.05, 4.69) is 17.3 Å². The third-order valence-electron chi connectivity index (χ3n) is 6.81. The summed E-state index contributed by atoms with van der Waals surface area (Å²) < 4.78 is 62.6. The Morgan fingerprint density at radius 1 is 1.34 bits per heavy atom. The molecule has 1 aliphatic carbocycles. The molecule has 1 fully saturated rings. The molecule has 0 bridgehead atoms. The Labute approximate surface area is 228 Å². The zero-order valence-corrected chi connectivity index (χ0v) is 23.3. The van der Waals surface area contributed by atoms with Gasteiger partial charge in [-0.3, -0.25) is 9.48 Å². The number of nitrogens with zero attached hydrogens (tertiary/aromatic N) is 2. The Morgan fingerprint density at radius 2 is 1.95 bits per heavy atom. The molecule has 0 saturated heterocycles. The molecule has 1 saturated carbocycles. The van der Waals surface area contributed by atoms with E-state index < -0.39 is 35.2 Å². The Kier molecular flexibility index (Phi) is 11.3. The molecule has 2 N–H and O–H groups in total. The molecule has 38 heavy (non-hydrogen) atoms. The second-order valence-corrected chi connectivity index (χ2v) is 10.2. The second kappa shape index (κ2) is 13.6. The van der Waals surface area contributed by atoms with Gasteiger partial charge in [-0.1, -0.05) is 31.5 Å². The second-order valence-electron chi connectivity index (χ2n) is 9.67. The topological polar surface area (TPSA) is 111 Å². The average Bonchev–Trinajstić information content (AvgIpc) is 3.20. The van der Waals surface area contributed by atoms with Gasteiger partial charge >= 0.3 is 17.7 Å². The summed E-state index contributed by atoms with van der Waals surface area (Å²) in [6.07, 6.45) is -1.43. The zero-order valence-electron chi connectivity index (χ0n) is 21.7. The van der Waals surface area contributed by atoms with Crippen LogP contribution in [0.4, 0.5) is 13.2 Å². The lowest BCUT2D eigenvalue weighted by Crippen LogP contribution is -2.45. The zero-order chi connectivity index (χ0) is 28.7. The minimum atomic E-state index is -4.29. The molecule has 1 aliphatic rings. The highest BCUT2D eigenvalue weighted by molar-refractivity contribution is 7.51. The van der Waals surface area contributed by atoms with Gasteiger partial charge in [-0.25, -0.2) is 0 Å². The molecule has 1 aromatic heterocycles. The van der Waals surface area contributed by atoms with Crippen molar-refractivity contribution in [2.24, 2.45) is 11.8 Å². The molecular formula is C25H33ClF3N3O5S. The van der Waals surface area contributed by atoms with E-state index in [1.807, 2.05) is 6.92 Å². The highest BCUT2D eigenvalue weighted by Gasteiger charge is 2.36. The van der Waals surface area contributed by atoms with Crippen molar-refractivity contribution in [3.05, 3.63) is 34.5 Å². The number of ether oxygens (including phenoxy) is 1. The van der Waals surface area contributed by atoms with E-state index in [4.69, 9.17) is 24.8 Å². The van der Waals surface area contributed by atoms with Crippen LogP contribution in [0.2, 0.25) is 5.02 Å². The first kappa shape index (κ1) is 31.8. The number of amides is 1. The summed E-state index contributed by atoms with van der Waals surface area (Å²) in [6, 6.07) is 4.79. The Bertz CT molecular complexity index is 1140. The van der Waals surface area contributed by atoms with Crippen LogP contribution >= 0.6 is 11.6 Å². The van der Waals surface area contributed by atoms with Gasteiger partial charge in [0, 0.05) is 18.7 Å². The predicted molar refractivity (Wildman–Crippen MR) is 138 cm³/mol. The molecule has 1 aromatic carbocycles. The number of hydrogen-bond acceptors (Lipinski definition) is 6. The van der Waals surface area contributed by atoms with Crippen LogP contribution in [0.15, 0.2) is 18.2 Å². The number of hydrogen-bond donors (Lipinski definition) is 2. The molecule has 2 aromatic rings. The van der Waals surface area contributed by atoms with Crippen LogP contribution in [0.3, 0.4) is 0 Å². The molecule has 0 aliphatic heterocycles. The number of rotatable bonds is 8. The van der Waals surface area contributed by atoms with Crippen molar-refractivity contribution in [1.29, 1.82) is 0 Å². The maximum atomic E-state index is 13.0. The maximum absolute atomic E-state index is 13.0. The smallest absolute Gasteiger partial charge is 0.391 e. The largest absolute Gasteiger partial charge is 0.496 e. The van der Waals surface area contributed by atoms with Crippen molar-refractivity contribution in [2.45, 2.75) is 71.2 Å². The minimum absolute atomic E-state index is 0.0214. The number of benzene rings is 1. The van der Waals surface area contributed by atoms with Crippen LogP contribution in [0.25, 0.3) is 11.3 Å². The number of aromatic nitrogens is 2. The van der Waals surface area contributed by atoms with Gasteiger partial charge in [0.1, 0.15) is 5.75 Å². The van der Waals surface area contributed by atoms with Crippen LogP contribution < -0.4 is 10.1 Å². The highest BCUT2D eigenvalue weighted by Crippen LogP contribution is 2.39. The Morgan fingerprint density at radius 3 is 2.47 bits per heavy atom. The van der Waals surface area contributed by atoms with Gasteiger partial charge in [-0.15, -0.1) is 0 Å². The summed E-state index contributed by atoms with van der Waals surface area (Å²) in [4.78, 5) is 12.9. The maximum Gasteiger partial charge on any atom is 0.391 e. The molecule has 1 heterocycles. The minimum Gasteiger partial charge on any atom is -0.496 e. The lowest BCUT2D eigenvalue weighted by atomic mass is 9.79. The predicted octanol–water partition coefficient (Wildman–Crippen LogP) is 4.97. The standard InChI is InChI=1S/C25H33ClF3N3O3.O2S/c1-5-32-22(18-7-6-17(13-19(18)35-4)12-16(3)25(27,28)29)20(26)21(31-32)23(33)30-14-24(34)10-8-15(2)9-11-24;1-3-2/h6-7,13,15-16,34H,5,8-12,14H2,1-4H3,(H,30,33);/t15?,16-,24?;/m0./s1. The van der Waals surface area contributed by atoms with Crippen LogP contribution in [0.1, 0.15) is 62.5 Å². The van der Waals surface area contributed by atoms with Gasteiger partial charge in [0.25, 0.3) is 5.91 Å². The molecule has 0 spiro atoms. The third-order valence-corrected chi connectivity index (χ3v) is 7.17. The number of halogens is 4. The molecule has 1 atom stereocenters. The number of nitrogens with one attached hydrogen (secondary N) is 1. The van der Waals surface area contributed by atoms with E-state index in [9.17, 15) is 23.1 Å². The first-order valence-electron chi connectivity index (χ1n) is 12.2. The van der Waals surface area contributed by atoms with Crippen molar-refractivity contribution < 1.29 is 36.2 Å². The van der Waals surface area contributed by atoms with Gasteiger partial charge < -0.3 is 15.2 Å². The van der Waals surface area contributed by atoms with Crippen LogP contribution in [-0.2, 0) is 24.5 Å². The van der Waals surface area contributed by atoms with E-state index >= 15 is 0 Å². The van der Waals surface area contributed by atoms with Gasteiger partial charge in [-0.2, -0.15) is 26.7 Å². The van der Waals surface area contributed by atoms with E-state index in [1.54, 1.807) is 22.9 Å². The quantitative estimate of drug-likeness (QED) is 0.457. The van der Waals surface area contributed by atoms with E-state index in [-0.39, 0.29) is 23.7 Å². The summed E-state index contributed by atoms with van der Waals surface area (Å²) in [5.74, 6) is -1.10. The molecule has 13 heteroatoms. The Hall–Kier alpha value is -2.44. The van der Waals surface area contributed by atoms with E-state index in [0.717, 1.165) is 19.8 Å².